The van der Waals surface area contributed by atoms with Gasteiger partial charge in [0.1, 0.15) is 0 Å². The molecule has 0 aromatic rings. The predicted molar refractivity (Wildman–Crippen MR) is 37.1 cm³/mol. The van der Waals surface area contributed by atoms with Crippen molar-refractivity contribution in [3.8, 4) is 0 Å². The van der Waals surface area contributed by atoms with Crippen molar-refractivity contribution in [2.75, 3.05) is 20.1 Å². The molecule has 0 aromatic heterocycles. The molecule has 0 aliphatic heterocycles. The van der Waals surface area contributed by atoms with E-state index in [4.69, 9.17) is 0 Å². The van der Waals surface area contributed by atoms with Gasteiger partial charge in [-0.3, -0.25) is 10.1 Å². The molecule has 0 rings (SSSR count). The van der Waals surface area contributed by atoms with Crippen molar-refractivity contribution >= 4 is 0 Å². The van der Waals surface area contributed by atoms with Crippen LogP contribution >= 0.6 is 0 Å². The molecule has 0 spiro atoms. The van der Waals surface area contributed by atoms with Crippen molar-refractivity contribution in [2.24, 2.45) is 0 Å². The fraction of sp³-hybridized carbons (Fsp3) is 1.00. The third-order valence-electron chi connectivity index (χ3n) is 0.544. The molecule has 56 valence electrons. The lowest BCUT2D eigenvalue weighted by Crippen LogP contribution is -2.17. The standard InChI is InChI=1S/C3H8N2O2.C2H6/c1-4-2-3-5(6)7;1-2/h4H,2-3H2,1H3;1-2H3. The van der Waals surface area contributed by atoms with E-state index in [0.717, 1.165) is 0 Å². The van der Waals surface area contributed by atoms with E-state index >= 15 is 0 Å². The molecule has 0 aromatic carbocycles. The van der Waals surface area contributed by atoms with E-state index < -0.39 is 0 Å². The summed E-state index contributed by atoms with van der Waals surface area (Å²) >= 11 is 0. The van der Waals surface area contributed by atoms with Crippen LogP contribution in [0.5, 0.6) is 0 Å². The summed E-state index contributed by atoms with van der Waals surface area (Å²) in [6.45, 7) is 4.46. The Balaban J connectivity index is 0. The molecule has 0 unspecified atom stereocenters. The van der Waals surface area contributed by atoms with Crippen LogP contribution in [0.1, 0.15) is 13.8 Å². The molecule has 0 amide bonds. The van der Waals surface area contributed by atoms with Gasteiger partial charge in [0.05, 0.1) is 6.54 Å². The Morgan fingerprint density at radius 2 is 2.00 bits per heavy atom. The van der Waals surface area contributed by atoms with Gasteiger partial charge in [-0.1, -0.05) is 13.8 Å². The van der Waals surface area contributed by atoms with E-state index in [9.17, 15) is 10.1 Å². The van der Waals surface area contributed by atoms with Crippen LogP contribution in [-0.4, -0.2) is 25.1 Å². The number of likely N-dealkylation sites (N-methyl/N-ethyl adjacent to an activating group) is 1. The van der Waals surface area contributed by atoms with Crippen LogP contribution in [0.3, 0.4) is 0 Å². The first-order chi connectivity index (χ1) is 4.27. The quantitative estimate of drug-likeness (QED) is 0.452. The number of nitrogens with zero attached hydrogens (tertiary/aromatic N) is 1. The summed E-state index contributed by atoms with van der Waals surface area (Å²) in [5, 5.41) is 12.2. The number of nitrogens with one attached hydrogen (secondary N) is 1. The topological polar surface area (TPSA) is 55.2 Å². The first-order valence-corrected chi connectivity index (χ1v) is 3.03. The summed E-state index contributed by atoms with van der Waals surface area (Å²) < 4.78 is 0. The molecule has 0 radical (unpaired) electrons. The van der Waals surface area contributed by atoms with Crippen molar-refractivity contribution < 1.29 is 4.92 Å². The third-order valence-corrected chi connectivity index (χ3v) is 0.544. The van der Waals surface area contributed by atoms with Crippen LogP contribution in [-0.2, 0) is 0 Å². The maximum Gasteiger partial charge on any atom is 0.216 e. The van der Waals surface area contributed by atoms with Gasteiger partial charge in [-0.2, -0.15) is 0 Å². The summed E-state index contributed by atoms with van der Waals surface area (Å²) in [5.41, 5.74) is 0. The molecule has 0 aliphatic carbocycles. The molecule has 0 saturated heterocycles. The lowest BCUT2D eigenvalue weighted by atomic mass is 10.7. The molecular weight excluding hydrogens is 120 g/mol. The molecule has 0 heterocycles. The van der Waals surface area contributed by atoms with Crippen LogP contribution in [0, 0.1) is 10.1 Å². The van der Waals surface area contributed by atoms with Gasteiger partial charge in [-0.05, 0) is 7.05 Å². The number of hydrogen-bond donors (Lipinski definition) is 1. The predicted octanol–water partition coefficient (Wildman–Crippen LogP) is 0.509. The van der Waals surface area contributed by atoms with Crippen molar-refractivity contribution in [3.63, 3.8) is 0 Å². The molecule has 1 N–H and O–H groups in total. The van der Waals surface area contributed by atoms with Gasteiger partial charge in [-0.15, -0.1) is 0 Å². The number of nitro groups is 1. The lowest BCUT2D eigenvalue weighted by Gasteiger charge is -1.87. The second kappa shape index (κ2) is 10.4. The first kappa shape index (κ1) is 11.2. The van der Waals surface area contributed by atoms with E-state index in [1.165, 1.54) is 0 Å². The SMILES string of the molecule is CC.CNCC[N+](=O)[O-]. The van der Waals surface area contributed by atoms with E-state index in [1.54, 1.807) is 7.05 Å². The second-order valence-corrected chi connectivity index (χ2v) is 1.16. The normalized spacial score (nSPS) is 7.44. The lowest BCUT2D eigenvalue weighted by molar-refractivity contribution is -0.477. The van der Waals surface area contributed by atoms with Crippen molar-refractivity contribution in [1.82, 2.24) is 5.32 Å². The smallest absolute Gasteiger partial charge is 0.216 e. The van der Waals surface area contributed by atoms with Crippen molar-refractivity contribution in [1.29, 1.82) is 0 Å². The Kier molecular flexibility index (Phi) is 12.9. The fourth-order valence-electron chi connectivity index (χ4n) is 0.203. The average Bonchev–Trinajstić information content (AvgIpc) is 1.88. The van der Waals surface area contributed by atoms with Gasteiger partial charge in [0.2, 0.25) is 6.54 Å². The molecule has 0 aliphatic rings. The van der Waals surface area contributed by atoms with Crippen LogP contribution in [0.2, 0.25) is 0 Å². The van der Waals surface area contributed by atoms with Gasteiger partial charge in [-0.25, -0.2) is 0 Å². The minimum absolute atomic E-state index is 0.0104. The molecule has 0 bridgehead atoms. The van der Waals surface area contributed by atoms with Gasteiger partial charge in [0, 0.05) is 4.92 Å². The van der Waals surface area contributed by atoms with Crippen LogP contribution in [0.15, 0.2) is 0 Å². The molecule has 4 heteroatoms. The number of hydrogen-bond acceptors (Lipinski definition) is 3. The second-order valence-electron chi connectivity index (χ2n) is 1.16. The van der Waals surface area contributed by atoms with E-state index in [2.05, 4.69) is 5.32 Å². The highest BCUT2D eigenvalue weighted by molar-refractivity contribution is 4.31. The van der Waals surface area contributed by atoms with E-state index in [-0.39, 0.29) is 11.5 Å². The zero-order chi connectivity index (χ0) is 7.70. The highest BCUT2D eigenvalue weighted by atomic mass is 16.6. The van der Waals surface area contributed by atoms with Crippen LogP contribution in [0.4, 0.5) is 0 Å². The molecule has 9 heavy (non-hydrogen) atoms. The molecule has 4 nitrogen and oxygen atoms in total. The zero-order valence-corrected chi connectivity index (χ0v) is 6.18. The maximum atomic E-state index is 9.52. The molecule has 0 atom stereocenters. The Morgan fingerprint density at radius 1 is 1.56 bits per heavy atom. The van der Waals surface area contributed by atoms with Crippen LogP contribution < -0.4 is 5.32 Å². The largest absolute Gasteiger partial charge is 0.314 e. The average molecular weight is 134 g/mol. The summed E-state index contributed by atoms with van der Waals surface area (Å²) in [5.74, 6) is 0. The zero-order valence-electron chi connectivity index (χ0n) is 6.18. The Morgan fingerprint density at radius 3 is 2.11 bits per heavy atom. The minimum Gasteiger partial charge on any atom is -0.314 e. The minimum atomic E-state index is -0.351. The Hall–Kier alpha value is -0.640. The fourth-order valence-corrected chi connectivity index (χ4v) is 0.203. The van der Waals surface area contributed by atoms with Crippen molar-refractivity contribution in [3.05, 3.63) is 10.1 Å². The maximum absolute atomic E-state index is 9.52. The summed E-state index contributed by atoms with van der Waals surface area (Å²) in [7, 11) is 1.68. The van der Waals surface area contributed by atoms with E-state index in [1.807, 2.05) is 13.8 Å². The van der Waals surface area contributed by atoms with Gasteiger partial charge < -0.3 is 5.32 Å². The molecule has 0 fully saturated rings. The summed E-state index contributed by atoms with van der Waals surface area (Å²) in [6, 6.07) is 0. The van der Waals surface area contributed by atoms with Crippen molar-refractivity contribution in [2.45, 2.75) is 13.8 Å². The van der Waals surface area contributed by atoms with Gasteiger partial charge in [0.15, 0.2) is 0 Å². The molecule has 0 saturated carbocycles. The first-order valence-electron chi connectivity index (χ1n) is 3.03. The molecular formula is C5H14N2O2. The number of rotatable bonds is 3. The highest BCUT2D eigenvalue weighted by Crippen LogP contribution is 1.61. The van der Waals surface area contributed by atoms with Crippen LogP contribution in [0.25, 0.3) is 0 Å². The summed E-state index contributed by atoms with van der Waals surface area (Å²) in [6.07, 6.45) is 0. The highest BCUT2D eigenvalue weighted by Gasteiger charge is 1.89. The van der Waals surface area contributed by atoms with Gasteiger partial charge in [0.25, 0.3) is 0 Å². The Bertz CT molecular complexity index is 66.0. The summed E-state index contributed by atoms with van der Waals surface area (Å²) in [4.78, 5) is 9.17. The Labute approximate surface area is 55.4 Å². The van der Waals surface area contributed by atoms with Gasteiger partial charge >= 0.3 is 0 Å². The monoisotopic (exact) mass is 134 g/mol. The third kappa shape index (κ3) is 18.7. The van der Waals surface area contributed by atoms with E-state index in [0.29, 0.717) is 6.54 Å².